The van der Waals surface area contributed by atoms with E-state index in [-0.39, 0.29) is 11.9 Å². The molecule has 8 heteroatoms. The molecular formula is C19H20N6O2. The standard InChI is InChI=1S/C19H20N6O2/c1-14(18-22-17(23-27-18)15-5-3-2-4-6-15)24-9-11-25(12-10-24)19(26)16-13-20-7-8-21-16/h2-8,13-14H,9-12H2,1H3. The van der Waals surface area contributed by atoms with Crippen LogP contribution in [-0.4, -0.2) is 62.0 Å². The number of hydrogen-bond donors (Lipinski definition) is 0. The van der Waals surface area contributed by atoms with E-state index in [0.717, 1.165) is 18.7 Å². The van der Waals surface area contributed by atoms with Crippen molar-refractivity contribution in [2.45, 2.75) is 13.0 Å². The highest BCUT2D eigenvalue weighted by molar-refractivity contribution is 5.92. The summed E-state index contributed by atoms with van der Waals surface area (Å²) in [6.45, 7) is 4.76. The maximum absolute atomic E-state index is 12.5. The minimum Gasteiger partial charge on any atom is -0.337 e. The second-order valence-corrected chi connectivity index (χ2v) is 6.42. The lowest BCUT2D eigenvalue weighted by Gasteiger charge is -2.36. The van der Waals surface area contributed by atoms with Gasteiger partial charge in [-0.1, -0.05) is 35.5 Å². The van der Waals surface area contributed by atoms with Gasteiger partial charge in [0.05, 0.1) is 12.2 Å². The van der Waals surface area contributed by atoms with E-state index in [0.29, 0.717) is 30.5 Å². The zero-order valence-corrected chi connectivity index (χ0v) is 15.0. The minimum atomic E-state index is -0.0837. The van der Waals surface area contributed by atoms with Crippen LogP contribution in [0, 0.1) is 0 Å². The molecule has 1 aliphatic heterocycles. The fraction of sp³-hybridized carbons (Fsp3) is 0.316. The Morgan fingerprint density at radius 1 is 1.11 bits per heavy atom. The second-order valence-electron chi connectivity index (χ2n) is 6.42. The van der Waals surface area contributed by atoms with Gasteiger partial charge in [-0.15, -0.1) is 0 Å². The van der Waals surface area contributed by atoms with Crippen LogP contribution in [0.5, 0.6) is 0 Å². The highest BCUT2D eigenvalue weighted by Gasteiger charge is 2.28. The number of benzene rings is 1. The molecule has 0 bridgehead atoms. The van der Waals surface area contributed by atoms with Gasteiger partial charge in [-0.05, 0) is 6.92 Å². The first-order chi connectivity index (χ1) is 13.2. The molecular weight excluding hydrogens is 344 g/mol. The summed E-state index contributed by atoms with van der Waals surface area (Å²) in [5.41, 5.74) is 1.31. The Hall–Kier alpha value is -3.13. The Morgan fingerprint density at radius 2 is 1.89 bits per heavy atom. The number of rotatable bonds is 4. The molecule has 1 fully saturated rings. The molecule has 0 spiro atoms. The average Bonchev–Trinajstić information content (AvgIpc) is 3.24. The smallest absolute Gasteiger partial charge is 0.274 e. The van der Waals surface area contributed by atoms with Gasteiger partial charge in [0, 0.05) is 44.1 Å². The summed E-state index contributed by atoms with van der Waals surface area (Å²) in [6, 6.07) is 9.75. The van der Waals surface area contributed by atoms with E-state index in [1.807, 2.05) is 37.3 Å². The van der Waals surface area contributed by atoms with Gasteiger partial charge in [-0.3, -0.25) is 14.7 Å². The maximum atomic E-state index is 12.5. The van der Waals surface area contributed by atoms with Crippen LogP contribution in [-0.2, 0) is 0 Å². The Morgan fingerprint density at radius 3 is 2.59 bits per heavy atom. The van der Waals surface area contributed by atoms with E-state index in [1.165, 1.54) is 12.4 Å². The minimum absolute atomic E-state index is 0.0104. The molecule has 3 aromatic rings. The molecule has 1 aliphatic rings. The molecule has 1 atom stereocenters. The Bertz CT molecular complexity index is 891. The molecule has 1 saturated heterocycles. The summed E-state index contributed by atoms with van der Waals surface area (Å²) in [5, 5.41) is 4.09. The fourth-order valence-electron chi connectivity index (χ4n) is 3.15. The van der Waals surface area contributed by atoms with Crippen molar-refractivity contribution < 1.29 is 9.32 Å². The lowest BCUT2D eigenvalue weighted by atomic mass is 10.2. The molecule has 8 nitrogen and oxygen atoms in total. The molecule has 27 heavy (non-hydrogen) atoms. The molecule has 138 valence electrons. The number of aromatic nitrogens is 4. The van der Waals surface area contributed by atoms with Gasteiger partial charge in [0.25, 0.3) is 5.91 Å². The third-order valence-electron chi connectivity index (χ3n) is 4.76. The van der Waals surface area contributed by atoms with Gasteiger partial charge in [-0.2, -0.15) is 4.98 Å². The van der Waals surface area contributed by atoms with Crippen LogP contribution in [0.4, 0.5) is 0 Å². The lowest BCUT2D eigenvalue weighted by Crippen LogP contribution is -2.49. The van der Waals surface area contributed by atoms with Crippen LogP contribution < -0.4 is 0 Å². The Balaban J connectivity index is 1.38. The molecule has 0 N–H and O–H groups in total. The zero-order chi connectivity index (χ0) is 18.6. The molecule has 2 aromatic heterocycles. The van der Waals surface area contributed by atoms with E-state index >= 15 is 0 Å². The first kappa shape index (κ1) is 17.3. The van der Waals surface area contributed by atoms with Gasteiger partial charge >= 0.3 is 0 Å². The number of piperazine rings is 1. The molecule has 1 amide bonds. The van der Waals surface area contributed by atoms with Crippen LogP contribution in [0.3, 0.4) is 0 Å². The molecule has 1 aromatic carbocycles. The third kappa shape index (κ3) is 3.70. The number of nitrogens with zero attached hydrogens (tertiary/aromatic N) is 6. The van der Waals surface area contributed by atoms with Gasteiger partial charge in [0.15, 0.2) is 0 Å². The van der Waals surface area contributed by atoms with Crippen LogP contribution in [0.25, 0.3) is 11.4 Å². The SMILES string of the molecule is CC(c1nc(-c2ccccc2)no1)N1CCN(C(=O)c2cnccn2)CC1. The zero-order valence-electron chi connectivity index (χ0n) is 15.0. The molecule has 0 radical (unpaired) electrons. The van der Waals surface area contributed by atoms with Crippen molar-refractivity contribution in [3.05, 3.63) is 60.5 Å². The summed E-state index contributed by atoms with van der Waals surface area (Å²) in [4.78, 5) is 29.1. The van der Waals surface area contributed by atoms with Crippen molar-refractivity contribution in [2.24, 2.45) is 0 Å². The van der Waals surface area contributed by atoms with Crippen LogP contribution >= 0.6 is 0 Å². The summed E-state index contributed by atoms with van der Waals surface area (Å²) < 4.78 is 5.48. The van der Waals surface area contributed by atoms with Crippen LogP contribution in [0.2, 0.25) is 0 Å². The maximum Gasteiger partial charge on any atom is 0.274 e. The van der Waals surface area contributed by atoms with E-state index in [9.17, 15) is 4.79 Å². The van der Waals surface area contributed by atoms with Gasteiger partial charge in [0.2, 0.25) is 11.7 Å². The predicted octanol–water partition coefficient (Wildman–Crippen LogP) is 2.05. The summed E-state index contributed by atoms with van der Waals surface area (Å²) in [7, 11) is 0. The van der Waals surface area contributed by atoms with E-state index in [4.69, 9.17) is 4.52 Å². The Labute approximate surface area is 156 Å². The number of carbonyl (C=O) groups excluding carboxylic acids is 1. The fourth-order valence-corrected chi connectivity index (χ4v) is 3.15. The van der Waals surface area contributed by atoms with Crippen LogP contribution in [0.15, 0.2) is 53.4 Å². The van der Waals surface area contributed by atoms with Gasteiger partial charge in [0.1, 0.15) is 5.69 Å². The molecule has 0 saturated carbocycles. The Kier molecular flexibility index (Phi) is 4.88. The average molecular weight is 364 g/mol. The van der Waals surface area contributed by atoms with Crippen molar-refractivity contribution in [3.8, 4) is 11.4 Å². The highest BCUT2D eigenvalue weighted by Crippen LogP contribution is 2.23. The van der Waals surface area contributed by atoms with Crippen molar-refractivity contribution in [1.29, 1.82) is 0 Å². The van der Waals surface area contributed by atoms with Gasteiger partial charge in [-0.25, -0.2) is 4.98 Å². The first-order valence-corrected chi connectivity index (χ1v) is 8.91. The van der Waals surface area contributed by atoms with Crippen molar-refractivity contribution >= 4 is 5.91 Å². The monoisotopic (exact) mass is 364 g/mol. The van der Waals surface area contributed by atoms with Crippen molar-refractivity contribution in [2.75, 3.05) is 26.2 Å². The number of amides is 1. The lowest BCUT2D eigenvalue weighted by molar-refractivity contribution is 0.0546. The normalized spacial score (nSPS) is 16.3. The molecule has 0 aliphatic carbocycles. The van der Waals surface area contributed by atoms with Gasteiger partial charge < -0.3 is 9.42 Å². The topological polar surface area (TPSA) is 88.3 Å². The first-order valence-electron chi connectivity index (χ1n) is 8.91. The molecule has 1 unspecified atom stereocenters. The van der Waals surface area contributed by atoms with Crippen molar-refractivity contribution in [1.82, 2.24) is 29.9 Å². The molecule has 4 rings (SSSR count). The largest absolute Gasteiger partial charge is 0.337 e. The number of carbonyl (C=O) groups is 1. The van der Waals surface area contributed by atoms with Crippen molar-refractivity contribution in [3.63, 3.8) is 0 Å². The third-order valence-corrected chi connectivity index (χ3v) is 4.76. The summed E-state index contributed by atoms with van der Waals surface area (Å²) >= 11 is 0. The van der Waals surface area contributed by atoms with E-state index in [1.54, 1.807) is 11.1 Å². The highest BCUT2D eigenvalue weighted by atomic mass is 16.5. The quantitative estimate of drug-likeness (QED) is 0.700. The second kappa shape index (κ2) is 7.63. The van der Waals surface area contributed by atoms with E-state index < -0.39 is 0 Å². The van der Waals surface area contributed by atoms with Crippen LogP contribution in [0.1, 0.15) is 29.3 Å². The number of hydrogen-bond acceptors (Lipinski definition) is 7. The predicted molar refractivity (Wildman–Crippen MR) is 97.7 cm³/mol. The molecule has 3 heterocycles. The summed E-state index contributed by atoms with van der Waals surface area (Å²) in [6.07, 6.45) is 4.59. The van der Waals surface area contributed by atoms with E-state index in [2.05, 4.69) is 25.0 Å². The summed E-state index contributed by atoms with van der Waals surface area (Å²) in [5.74, 6) is 1.09.